The molecule has 0 amide bonds. The molecule has 5 nitrogen and oxygen atoms in total. The number of carbonyl (C=O) groups is 1. The fourth-order valence-electron chi connectivity index (χ4n) is 2.05. The minimum absolute atomic E-state index is 0.351. The number of benzene rings is 2. The van der Waals surface area contributed by atoms with E-state index in [1.54, 1.807) is 13.0 Å². The van der Waals surface area contributed by atoms with E-state index in [1.165, 1.54) is 0 Å². The number of rotatable bonds is 3. The number of para-hydroxylation sites is 1. The second-order valence-corrected chi connectivity index (χ2v) is 4.68. The van der Waals surface area contributed by atoms with Crippen molar-refractivity contribution in [3.8, 4) is 16.9 Å². The summed E-state index contributed by atoms with van der Waals surface area (Å²) in [5, 5.41) is 10.7. The lowest BCUT2D eigenvalue weighted by atomic mass is 10.0. The van der Waals surface area contributed by atoms with Crippen LogP contribution in [0.25, 0.3) is 22.2 Å². The Morgan fingerprint density at radius 2 is 1.90 bits per heavy atom. The Labute approximate surface area is 121 Å². The van der Waals surface area contributed by atoms with E-state index in [-0.39, 0.29) is 0 Å². The molecule has 2 aromatic carbocycles. The van der Waals surface area contributed by atoms with Gasteiger partial charge in [0.25, 0.3) is 0 Å². The minimum Gasteiger partial charge on any atom is -0.423 e. The number of fused-ring (bicyclic) bond motifs is 1. The lowest BCUT2D eigenvalue weighted by Crippen LogP contribution is -2.08. The molecule has 0 atom stereocenters. The highest BCUT2D eigenvalue weighted by atomic mass is 16.5. The summed E-state index contributed by atoms with van der Waals surface area (Å²) in [7, 11) is 0. The standard InChI is InChI=1S/C16H13N3O2/c1-10(2)16(20)21-14-9-4-3-6-11(14)12-7-5-8-13-15(12)18-19-17-13/h3-9H,1H2,2H3,(H,17,18,19). The van der Waals surface area contributed by atoms with Gasteiger partial charge < -0.3 is 4.74 Å². The molecule has 0 spiro atoms. The van der Waals surface area contributed by atoms with Gasteiger partial charge in [-0.25, -0.2) is 4.79 Å². The predicted octanol–water partition coefficient (Wildman–Crippen LogP) is 3.11. The smallest absolute Gasteiger partial charge is 0.338 e. The highest BCUT2D eigenvalue weighted by Crippen LogP contribution is 2.33. The zero-order chi connectivity index (χ0) is 14.8. The van der Waals surface area contributed by atoms with E-state index in [1.807, 2.05) is 36.4 Å². The van der Waals surface area contributed by atoms with Crippen LogP contribution < -0.4 is 4.74 Å². The Hall–Kier alpha value is -2.95. The molecule has 5 heteroatoms. The maximum Gasteiger partial charge on any atom is 0.338 e. The van der Waals surface area contributed by atoms with Gasteiger partial charge in [-0.15, -0.1) is 5.10 Å². The third-order valence-electron chi connectivity index (χ3n) is 3.08. The average molecular weight is 279 g/mol. The van der Waals surface area contributed by atoms with Gasteiger partial charge in [0.05, 0.1) is 5.52 Å². The summed E-state index contributed by atoms with van der Waals surface area (Å²) in [6, 6.07) is 13.0. The number of hydrogen-bond acceptors (Lipinski definition) is 4. The molecular formula is C16H13N3O2. The number of H-pyrrole nitrogens is 1. The molecule has 0 bridgehead atoms. The van der Waals surface area contributed by atoms with Crippen LogP contribution in [-0.2, 0) is 4.79 Å². The molecule has 0 saturated heterocycles. The minimum atomic E-state index is -0.449. The van der Waals surface area contributed by atoms with Crippen LogP contribution in [0.1, 0.15) is 6.92 Å². The van der Waals surface area contributed by atoms with Crippen molar-refractivity contribution in [2.45, 2.75) is 6.92 Å². The second-order valence-electron chi connectivity index (χ2n) is 4.68. The average Bonchev–Trinajstić information content (AvgIpc) is 2.96. The van der Waals surface area contributed by atoms with Gasteiger partial charge >= 0.3 is 5.97 Å². The van der Waals surface area contributed by atoms with E-state index in [0.717, 1.165) is 22.2 Å². The summed E-state index contributed by atoms with van der Waals surface area (Å²) >= 11 is 0. The summed E-state index contributed by atoms with van der Waals surface area (Å²) in [6.07, 6.45) is 0. The monoisotopic (exact) mass is 279 g/mol. The number of hydrogen-bond donors (Lipinski definition) is 1. The van der Waals surface area contributed by atoms with Gasteiger partial charge in [0.2, 0.25) is 0 Å². The van der Waals surface area contributed by atoms with Crippen LogP contribution in [0.4, 0.5) is 0 Å². The molecule has 1 heterocycles. The number of nitrogens with one attached hydrogen (secondary N) is 1. The number of aromatic amines is 1. The fourth-order valence-corrected chi connectivity index (χ4v) is 2.05. The summed E-state index contributed by atoms with van der Waals surface area (Å²) in [5.41, 5.74) is 3.55. The summed E-state index contributed by atoms with van der Waals surface area (Å²) in [6.45, 7) is 5.21. The molecule has 0 fully saturated rings. The zero-order valence-corrected chi connectivity index (χ0v) is 11.5. The number of carbonyl (C=O) groups excluding carboxylic acids is 1. The van der Waals surface area contributed by atoms with E-state index >= 15 is 0 Å². The van der Waals surface area contributed by atoms with Crippen LogP contribution in [0, 0.1) is 0 Å². The van der Waals surface area contributed by atoms with Crippen LogP contribution >= 0.6 is 0 Å². The van der Waals surface area contributed by atoms with Crippen molar-refractivity contribution in [1.82, 2.24) is 15.4 Å². The van der Waals surface area contributed by atoms with E-state index in [2.05, 4.69) is 22.0 Å². The van der Waals surface area contributed by atoms with Crippen LogP contribution in [0.2, 0.25) is 0 Å². The quantitative estimate of drug-likeness (QED) is 0.454. The van der Waals surface area contributed by atoms with Gasteiger partial charge in [0, 0.05) is 16.7 Å². The largest absolute Gasteiger partial charge is 0.423 e. The number of ether oxygens (including phenoxy) is 1. The van der Waals surface area contributed by atoms with Crippen LogP contribution in [0.3, 0.4) is 0 Å². The van der Waals surface area contributed by atoms with Gasteiger partial charge in [0.15, 0.2) is 0 Å². The van der Waals surface area contributed by atoms with E-state index < -0.39 is 5.97 Å². The van der Waals surface area contributed by atoms with Crippen molar-refractivity contribution >= 4 is 17.0 Å². The summed E-state index contributed by atoms with van der Waals surface area (Å²) < 4.78 is 5.39. The molecule has 104 valence electrons. The van der Waals surface area contributed by atoms with Crippen molar-refractivity contribution in [3.05, 3.63) is 54.6 Å². The van der Waals surface area contributed by atoms with Crippen LogP contribution in [0.5, 0.6) is 5.75 Å². The third-order valence-corrected chi connectivity index (χ3v) is 3.08. The molecule has 0 aliphatic heterocycles. The summed E-state index contributed by atoms with van der Waals surface area (Å²) in [4.78, 5) is 11.8. The Bertz CT molecular complexity index is 836. The van der Waals surface area contributed by atoms with Crippen LogP contribution in [0.15, 0.2) is 54.6 Å². The number of aromatic nitrogens is 3. The molecule has 0 radical (unpaired) electrons. The molecule has 21 heavy (non-hydrogen) atoms. The van der Waals surface area contributed by atoms with E-state index in [0.29, 0.717) is 11.3 Å². The van der Waals surface area contributed by atoms with Gasteiger partial charge in [-0.2, -0.15) is 0 Å². The van der Waals surface area contributed by atoms with E-state index in [4.69, 9.17) is 4.74 Å². The van der Waals surface area contributed by atoms with Crippen LogP contribution in [-0.4, -0.2) is 21.4 Å². The molecule has 0 aliphatic carbocycles. The van der Waals surface area contributed by atoms with Gasteiger partial charge in [-0.1, -0.05) is 42.1 Å². The molecule has 3 rings (SSSR count). The summed E-state index contributed by atoms with van der Waals surface area (Å²) in [5.74, 6) is 0.0239. The molecule has 3 aromatic rings. The number of nitrogens with zero attached hydrogens (tertiary/aromatic N) is 2. The van der Waals surface area contributed by atoms with Gasteiger partial charge in [-0.05, 0) is 19.1 Å². The maximum absolute atomic E-state index is 11.8. The first-order chi connectivity index (χ1) is 10.2. The van der Waals surface area contributed by atoms with E-state index in [9.17, 15) is 4.79 Å². The van der Waals surface area contributed by atoms with Crippen molar-refractivity contribution < 1.29 is 9.53 Å². The Morgan fingerprint density at radius 1 is 1.14 bits per heavy atom. The first-order valence-corrected chi connectivity index (χ1v) is 6.43. The van der Waals surface area contributed by atoms with Crippen molar-refractivity contribution in [3.63, 3.8) is 0 Å². The van der Waals surface area contributed by atoms with Crippen molar-refractivity contribution in [2.75, 3.05) is 0 Å². The second kappa shape index (κ2) is 5.20. The van der Waals surface area contributed by atoms with Gasteiger partial charge in [0.1, 0.15) is 11.3 Å². The predicted molar refractivity (Wildman–Crippen MR) is 79.8 cm³/mol. The molecular weight excluding hydrogens is 266 g/mol. The first kappa shape index (κ1) is 13.1. The Morgan fingerprint density at radius 3 is 2.71 bits per heavy atom. The molecule has 1 aromatic heterocycles. The highest BCUT2D eigenvalue weighted by Gasteiger charge is 2.14. The van der Waals surface area contributed by atoms with Crippen molar-refractivity contribution in [1.29, 1.82) is 0 Å². The third kappa shape index (κ3) is 2.41. The molecule has 0 saturated carbocycles. The van der Waals surface area contributed by atoms with Gasteiger partial charge in [-0.3, -0.25) is 5.10 Å². The maximum atomic E-state index is 11.8. The lowest BCUT2D eigenvalue weighted by molar-refractivity contribution is -0.130. The molecule has 0 unspecified atom stereocenters. The van der Waals surface area contributed by atoms with Crippen molar-refractivity contribution in [2.24, 2.45) is 0 Å². The molecule has 0 aliphatic rings. The Balaban J connectivity index is 2.13. The SMILES string of the molecule is C=C(C)C(=O)Oc1ccccc1-c1cccc2[nH]nnc12. The topological polar surface area (TPSA) is 67.9 Å². The lowest BCUT2D eigenvalue weighted by Gasteiger charge is -2.10. The highest BCUT2D eigenvalue weighted by molar-refractivity contribution is 5.95. The zero-order valence-electron chi connectivity index (χ0n) is 11.5. The fraction of sp³-hybridized carbons (Fsp3) is 0.0625. The number of esters is 1. The normalized spacial score (nSPS) is 10.5. The Kier molecular flexibility index (Phi) is 3.23. The first-order valence-electron chi connectivity index (χ1n) is 6.43. The molecule has 1 N–H and O–H groups in total.